The van der Waals surface area contributed by atoms with E-state index >= 15 is 0 Å². The number of hydroxylamine groups is 2. The summed E-state index contributed by atoms with van der Waals surface area (Å²) in [5.41, 5.74) is 1.10. The van der Waals surface area contributed by atoms with Crippen molar-refractivity contribution in [2.45, 2.75) is 43.4 Å². The van der Waals surface area contributed by atoms with E-state index in [1.54, 1.807) is 6.08 Å². The van der Waals surface area contributed by atoms with Gasteiger partial charge in [-0.15, -0.1) is 0 Å². The van der Waals surface area contributed by atoms with E-state index in [0.29, 0.717) is 11.3 Å². The highest BCUT2D eigenvalue weighted by Crippen LogP contribution is 2.41. The van der Waals surface area contributed by atoms with Crippen molar-refractivity contribution in [3.63, 3.8) is 0 Å². The molecule has 0 bridgehead atoms. The van der Waals surface area contributed by atoms with E-state index in [4.69, 9.17) is 14.2 Å². The third-order valence-electron chi connectivity index (χ3n) is 5.83. The van der Waals surface area contributed by atoms with Crippen molar-refractivity contribution in [3.8, 4) is 0 Å². The van der Waals surface area contributed by atoms with E-state index in [9.17, 15) is 31.5 Å². The highest BCUT2D eigenvalue weighted by Gasteiger charge is 2.51. The summed E-state index contributed by atoms with van der Waals surface area (Å²) < 4.78 is 94.9. The van der Waals surface area contributed by atoms with Crippen molar-refractivity contribution < 1.29 is 45.8 Å². The molecular formula is C22H25F6N3O4. The first-order valence-corrected chi connectivity index (χ1v) is 11.0. The van der Waals surface area contributed by atoms with Gasteiger partial charge in [-0.2, -0.15) is 26.3 Å². The predicted octanol–water partition coefficient (Wildman–Crippen LogP) is 4.00. The molecule has 13 heteroatoms. The van der Waals surface area contributed by atoms with Crippen LogP contribution in [-0.4, -0.2) is 73.3 Å². The van der Waals surface area contributed by atoms with Crippen LogP contribution in [0.3, 0.4) is 0 Å². The van der Waals surface area contributed by atoms with E-state index in [2.05, 4.69) is 10.3 Å². The molecule has 0 amide bonds. The summed E-state index contributed by atoms with van der Waals surface area (Å²) in [7, 11) is 0. The maximum atomic E-state index is 13.2. The fourth-order valence-corrected chi connectivity index (χ4v) is 4.12. The van der Waals surface area contributed by atoms with Gasteiger partial charge in [0.15, 0.2) is 0 Å². The molecule has 7 nitrogen and oxygen atoms in total. The van der Waals surface area contributed by atoms with Crippen molar-refractivity contribution in [1.29, 1.82) is 0 Å². The number of aliphatic imine (C=N–C) groups is 1. The second-order valence-electron chi connectivity index (χ2n) is 8.58. The third kappa shape index (κ3) is 6.46. The number of amidine groups is 1. The lowest BCUT2D eigenvalue weighted by Gasteiger charge is -2.44. The second kappa shape index (κ2) is 9.96. The van der Waals surface area contributed by atoms with Gasteiger partial charge in [0, 0.05) is 11.5 Å². The number of alkyl halides is 6. The van der Waals surface area contributed by atoms with E-state index in [-0.39, 0.29) is 43.5 Å². The molecule has 1 atom stereocenters. The smallest absolute Gasteiger partial charge is 0.377 e. The zero-order chi connectivity index (χ0) is 25.3. The minimum atomic E-state index is -4.83. The molecule has 0 saturated heterocycles. The number of nitrogens with zero attached hydrogens (tertiary/aromatic N) is 2. The zero-order valence-corrected chi connectivity index (χ0v) is 18.5. The van der Waals surface area contributed by atoms with E-state index < -0.39 is 37.4 Å². The number of ether oxygens (including phenoxy) is 3. The molecule has 0 aromatic rings. The van der Waals surface area contributed by atoms with Crippen molar-refractivity contribution in [1.82, 2.24) is 10.4 Å². The number of hydrogen-bond donors (Lipinski definition) is 2. The van der Waals surface area contributed by atoms with Gasteiger partial charge in [-0.05, 0) is 24.8 Å². The maximum Gasteiger partial charge on any atom is 0.411 e. The Morgan fingerprint density at radius 2 is 1.83 bits per heavy atom. The first kappa shape index (κ1) is 25.7. The molecule has 1 saturated carbocycles. The first-order chi connectivity index (χ1) is 16.5. The van der Waals surface area contributed by atoms with Gasteiger partial charge >= 0.3 is 12.4 Å². The molecule has 4 rings (SSSR count). The molecule has 0 aromatic carbocycles. The molecule has 2 aliphatic carbocycles. The average molecular weight is 509 g/mol. The summed E-state index contributed by atoms with van der Waals surface area (Å²) in [5, 5.41) is 14.1. The Morgan fingerprint density at radius 1 is 1.14 bits per heavy atom. The highest BCUT2D eigenvalue weighted by molar-refractivity contribution is 5.86. The third-order valence-corrected chi connectivity index (χ3v) is 5.83. The van der Waals surface area contributed by atoms with Gasteiger partial charge in [-0.3, -0.25) is 10.3 Å². The molecule has 1 unspecified atom stereocenters. The molecule has 2 aliphatic heterocycles. The Bertz CT molecular complexity index is 932. The highest BCUT2D eigenvalue weighted by atomic mass is 19.4. The van der Waals surface area contributed by atoms with Gasteiger partial charge in [0.1, 0.15) is 31.6 Å². The Morgan fingerprint density at radius 3 is 2.37 bits per heavy atom. The van der Waals surface area contributed by atoms with Crippen LogP contribution in [0.15, 0.2) is 52.3 Å². The lowest BCUT2D eigenvalue weighted by molar-refractivity contribution is -0.299. The van der Waals surface area contributed by atoms with Crippen molar-refractivity contribution in [2.24, 2.45) is 10.9 Å². The molecule has 35 heavy (non-hydrogen) atoms. The van der Waals surface area contributed by atoms with E-state index in [1.807, 2.05) is 0 Å². The topological polar surface area (TPSA) is 75.6 Å². The summed E-state index contributed by atoms with van der Waals surface area (Å²) >= 11 is 0. The summed E-state index contributed by atoms with van der Waals surface area (Å²) in [6.07, 6.45) is -0.371. The summed E-state index contributed by atoms with van der Waals surface area (Å²) in [4.78, 5) is 4.24. The summed E-state index contributed by atoms with van der Waals surface area (Å²) in [6.45, 7) is -3.44. The number of halogens is 6. The fourth-order valence-electron chi connectivity index (χ4n) is 4.12. The molecule has 4 aliphatic rings. The van der Waals surface area contributed by atoms with Crippen LogP contribution in [0, 0.1) is 5.92 Å². The van der Waals surface area contributed by atoms with Gasteiger partial charge in [0.25, 0.3) is 0 Å². The Hall–Kier alpha value is -2.35. The van der Waals surface area contributed by atoms with E-state index in [0.717, 1.165) is 17.9 Å². The van der Waals surface area contributed by atoms with Gasteiger partial charge in [-0.25, -0.2) is 4.99 Å². The zero-order valence-electron chi connectivity index (χ0n) is 18.5. The van der Waals surface area contributed by atoms with Crippen LogP contribution in [0.25, 0.3) is 0 Å². The van der Waals surface area contributed by atoms with E-state index in [1.165, 1.54) is 24.4 Å². The Kier molecular flexibility index (Phi) is 7.32. The number of rotatable bonds is 7. The Labute approximate surface area is 197 Å². The summed E-state index contributed by atoms with van der Waals surface area (Å²) in [5.74, 6) is -2.17. The quantitative estimate of drug-likeness (QED) is 0.399. The minimum absolute atomic E-state index is 0.0285. The summed E-state index contributed by atoms with van der Waals surface area (Å²) in [6, 6.07) is -1.32. The van der Waals surface area contributed by atoms with Gasteiger partial charge in [0.05, 0.1) is 25.1 Å². The number of hydrogen-bond acceptors (Lipinski definition) is 7. The SMILES string of the molecule is ON1CC(NC2C=CC=C(C3=CCOCC3)C2(OCC(F)(F)F)OCC(F)(F)F)=NC=C1C1CC1. The van der Waals surface area contributed by atoms with Crippen LogP contribution in [0.4, 0.5) is 26.3 Å². The van der Waals surface area contributed by atoms with Gasteiger partial charge in [0.2, 0.25) is 5.79 Å². The van der Waals surface area contributed by atoms with Crippen LogP contribution >= 0.6 is 0 Å². The van der Waals surface area contributed by atoms with Crippen molar-refractivity contribution >= 4 is 5.84 Å². The molecule has 194 valence electrons. The lowest BCUT2D eigenvalue weighted by Crippen LogP contribution is -2.60. The predicted molar refractivity (Wildman–Crippen MR) is 111 cm³/mol. The fraction of sp³-hybridized carbons (Fsp3) is 0.591. The van der Waals surface area contributed by atoms with Crippen LogP contribution in [0.1, 0.15) is 19.3 Å². The van der Waals surface area contributed by atoms with Gasteiger partial charge in [-0.1, -0.05) is 24.3 Å². The van der Waals surface area contributed by atoms with Crippen LogP contribution < -0.4 is 5.32 Å². The number of nitrogens with one attached hydrogen (secondary N) is 1. The first-order valence-electron chi connectivity index (χ1n) is 11.0. The molecular weight excluding hydrogens is 484 g/mol. The molecule has 0 spiro atoms. The van der Waals surface area contributed by atoms with Crippen LogP contribution in [0.2, 0.25) is 0 Å². The van der Waals surface area contributed by atoms with Crippen LogP contribution in [0.5, 0.6) is 0 Å². The molecule has 0 radical (unpaired) electrons. The van der Waals surface area contributed by atoms with Crippen LogP contribution in [-0.2, 0) is 14.2 Å². The average Bonchev–Trinajstić information content (AvgIpc) is 3.62. The Balaban J connectivity index is 1.69. The molecule has 1 fully saturated rings. The standard InChI is InChI=1S/C22H25F6N3O4/c23-20(24,25)12-34-22(35-13-21(26,27)28)16(14-6-8-33-9-7-14)2-1-3-18(22)30-19-11-31(32)17(10-29-19)15-4-5-15/h1-3,6,10,15,18,32H,4-5,7-9,11-13H2,(H,29,30). The van der Waals surface area contributed by atoms with Crippen molar-refractivity contribution in [2.75, 3.05) is 33.0 Å². The largest absolute Gasteiger partial charge is 0.411 e. The monoisotopic (exact) mass is 509 g/mol. The van der Waals surface area contributed by atoms with Gasteiger partial charge < -0.3 is 19.5 Å². The number of allylic oxidation sites excluding steroid dienone is 3. The normalized spacial score (nSPS) is 25.0. The second-order valence-corrected chi connectivity index (χ2v) is 8.58. The minimum Gasteiger partial charge on any atom is -0.377 e. The molecule has 0 aromatic heterocycles. The lowest BCUT2D eigenvalue weighted by atomic mass is 9.85. The van der Waals surface area contributed by atoms with Crippen molar-refractivity contribution in [3.05, 3.63) is 47.3 Å². The molecule has 2 N–H and O–H groups in total. The maximum absolute atomic E-state index is 13.2. The molecule has 2 heterocycles.